The number of benzene rings is 3. The number of aryl methyl sites for hydroxylation is 1. The Kier molecular flexibility index (Phi) is 5.84. The molecule has 0 spiro atoms. The second-order valence-electron chi connectivity index (χ2n) is 8.25. The lowest BCUT2D eigenvalue weighted by molar-refractivity contribution is -0.116. The van der Waals surface area contributed by atoms with Crippen LogP contribution in [0.1, 0.15) is 11.1 Å². The largest absolute Gasteiger partial charge is 0.337 e. The van der Waals surface area contributed by atoms with Crippen LogP contribution in [-0.4, -0.2) is 22.4 Å². The second-order valence-corrected chi connectivity index (χ2v) is 8.69. The van der Waals surface area contributed by atoms with Crippen LogP contribution in [0.15, 0.2) is 84.7 Å². The Labute approximate surface area is 206 Å². The normalized spacial score (nSPS) is 14.6. The molecule has 0 saturated carbocycles. The number of para-hydroxylation sites is 1. The fourth-order valence-electron chi connectivity index (χ4n) is 4.05. The second kappa shape index (κ2) is 9.12. The summed E-state index contributed by atoms with van der Waals surface area (Å²) in [5, 5.41) is 6.82. The number of urea groups is 1. The SMILES string of the molecule is Cc1ccc(NC(=O)Cn2cc(C=C3NC(=O)N(c4cccc(Cl)c4)C3=O)c3ccccc32)cc1. The van der Waals surface area contributed by atoms with E-state index in [0.717, 1.165) is 27.1 Å². The van der Waals surface area contributed by atoms with Crippen molar-refractivity contribution >= 4 is 57.8 Å². The third kappa shape index (κ3) is 4.54. The van der Waals surface area contributed by atoms with Gasteiger partial charge in [-0.05, 0) is 49.4 Å². The van der Waals surface area contributed by atoms with E-state index in [0.29, 0.717) is 16.3 Å². The number of nitrogens with one attached hydrogen (secondary N) is 2. The van der Waals surface area contributed by atoms with Crippen LogP contribution >= 0.6 is 11.6 Å². The van der Waals surface area contributed by atoms with Gasteiger partial charge in [-0.25, -0.2) is 9.69 Å². The van der Waals surface area contributed by atoms with E-state index >= 15 is 0 Å². The lowest BCUT2D eigenvalue weighted by Crippen LogP contribution is -2.30. The molecular weight excluding hydrogens is 464 g/mol. The van der Waals surface area contributed by atoms with E-state index in [9.17, 15) is 14.4 Å². The van der Waals surface area contributed by atoms with Gasteiger partial charge in [-0.3, -0.25) is 9.59 Å². The number of fused-ring (bicyclic) bond motifs is 1. The topological polar surface area (TPSA) is 83.4 Å². The number of carbonyl (C=O) groups excluding carboxylic acids is 3. The van der Waals surface area contributed by atoms with Crippen LogP contribution in [0.25, 0.3) is 17.0 Å². The van der Waals surface area contributed by atoms with Crippen molar-refractivity contribution in [3.05, 3.63) is 101 Å². The van der Waals surface area contributed by atoms with E-state index in [-0.39, 0.29) is 18.1 Å². The van der Waals surface area contributed by atoms with Gasteiger partial charge in [-0.15, -0.1) is 0 Å². The van der Waals surface area contributed by atoms with Gasteiger partial charge in [0.2, 0.25) is 5.91 Å². The van der Waals surface area contributed by atoms with Crippen LogP contribution in [-0.2, 0) is 16.1 Å². The molecule has 0 aliphatic carbocycles. The monoisotopic (exact) mass is 484 g/mol. The number of aromatic nitrogens is 1. The Bertz CT molecular complexity index is 1500. The van der Waals surface area contributed by atoms with E-state index in [4.69, 9.17) is 11.6 Å². The molecular formula is C27H21ClN4O3. The molecule has 2 N–H and O–H groups in total. The number of anilines is 2. The van der Waals surface area contributed by atoms with Crippen LogP contribution in [0.4, 0.5) is 16.2 Å². The quantitative estimate of drug-likeness (QED) is 0.296. The predicted octanol–water partition coefficient (Wildman–Crippen LogP) is 5.34. The number of hydrogen-bond donors (Lipinski definition) is 2. The first-order chi connectivity index (χ1) is 16.9. The summed E-state index contributed by atoms with van der Waals surface area (Å²) in [5.41, 5.74) is 3.90. The highest BCUT2D eigenvalue weighted by Crippen LogP contribution is 2.28. The van der Waals surface area contributed by atoms with Gasteiger partial charge in [-0.1, -0.05) is 53.6 Å². The van der Waals surface area contributed by atoms with Gasteiger partial charge >= 0.3 is 6.03 Å². The molecule has 174 valence electrons. The minimum atomic E-state index is -0.551. The van der Waals surface area contributed by atoms with E-state index in [1.165, 1.54) is 0 Å². The summed E-state index contributed by atoms with van der Waals surface area (Å²) in [7, 11) is 0. The highest BCUT2D eigenvalue weighted by Gasteiger charge is 2.35. The zero-order valence-corrected chi connectivity index (χ0v) is 19.5. The van der Waals surface area contributed by atoms with Crippen LogP contribution in [0.2, 0.25) is 5.02 Å². The van der Waals surface area contributed by atoms with Crippen molar-refractivity contribution in [2.45, 2.75) is 13.5 Å². The number of rotatable bonds is 5. The van der Waals surface area contributed by atoms with Crippen LogP contribution in [0.5, 0.6) is 0 Å². The van der Waals surface area contributed by atoms with Crippen molar-refractivity contribution in [2.24, 2.45) is 0 Å². The summed E-state index contributed by atoms with van der Waals surface area (Å²) >= 11 is 6.03. The number of imide groups is 1. The molecule has 0 radical (unpaired) electrons. The molecule has 4 aromatic rings. The molecule has 1 saturated heterocycles. The van der Waals surface area contributed by atoms with Gasteiger partial charge in [0.25, 0.3) is 5.91 Å². The zero-order valence-electron chi connectivity index (χ0n) is 18.8. The summed E-state index contributed by atoms with van der Waals surface area (Å²) in [4.78, 5) is 39.4. The Morgan fingerprint density at radius 1 is 1.03 bits per heavy atom. The van der Waals surface area contributed by atoms with E-state index < -0.39 is 11.9 Å². The molecule has 7 nitrogen and oxygen atoms in total. The first kappa shape index (κ1) is 22.4. The van der Waals surface area contributed by atoms with Gasteiger partial charge in [0.1, 0.15) is 12.2 Å². The summed E-state index contributed by atoms with van der Waals surface area (Å²) in [6.45, 7) is 2.08. The molecule has 4 amide bonds. The molecule has 0 bridgehead atoms. The van der Waals surface area contributed by atoms with Gasteiger partial charge < -0.3 is 15.2 Å². The van der Waals surface area contributed by atoms with E-state index in [1.54, 1.807) is 36.5 Å². The van der Waals surface area contributed by atoms with Gasteiger partial charge in [0.05, 0.1) is 5.69 Å². The van der Waals surface area contributed by atoms with E-state index in [2.05, 4.69) is 10.6 Å². The van der Waals surface area contributed by atoms with Gasteiger partial charge in [0, 0.05) is 33.4 Å². The first-order valence-corrected chi connectivity index (χ1v) is 11.3. The molecule has 0 unspecified atom stereocenters. The maximum atomic E-state index is 13.0. The number of carbonyl (C=O) groups is 3. The maximum Gasteiger partial charge on any atom is 0.333 e. The zero-order chi connectivity index (χ0) is 24.5. The number of hydrogen-bond acceptors (Lipinski definition) is 3. The van der Waals surface area contributed by atoms with Crippen molar-refractivity contribution in [3.8, 4) is 0 Å². The van der Waals surface area contributed by atoms with Crippen molar-refractivity contribution in [3.63, 3.8) is 0 Å². The molecule has 0 atom stereocenters. The van der Waals surface area contributed by atoms with Crippen LogP contribution in [0, 0.1) is 6.92 Å². The molecule has 2 heterocycles. The van der Waals surface area contributed by atoms with Gasteiger partial charge in [-0.2, -0.15) is 0 Å². The minimum Gasteiger partial charge on any atom is -0.337 e. The molecule has 35 heavy (non-hydrogen) atoms. The smallest absolute Gasteiger partial charge is 0.333 e. The fourth-order valence-corrected chi connectivity index (χ4v) is 4.24. The molecule has 3 aromatic carbocycles. The maximum absolute atomic E-state index is 13.0. The molecule has 1 aliphatic rings. The third-order valence-corrected chi connectivity index (χ3v) is 5.95. The Morgan fingerprint density at radius 3 is 2.57 bits per heavy atom. The van der Waals surface area contributed by atoms with Crippen molar-refractivity contribution in [1.29, 1.82) is 0 Å². The highest BCUT2D eigenvalue weighted by atomic mass is 35.5. The molecule has 1 aliphatic heterocycles. The summed E-state index contributed by atoms with van der Waals surface area (Å²) < 4.78 is 1.82. The Hall–Kier alpha value is -4.36. The number of halogens is 1. The molecule has 5 rings (SSSR count). The summed E-state index contributed by atoms with van der Waals surface area (Å²) in [6, 6.07) is 21.2. The minimum absolute atomic E-state index is 0.0898. The average Bonchev–Trinajstić information content (AvgIpc) is 3.31. The lowest BCUT2D eigenvalue weighted by Gasteiger charge is -2.11. The number of nitrogens with zero attached hydrogens (tertiary/aromatic N) is 2. The van der Waals surface area contributed by atoms with Crippen molar-refractivity contribution in [1.82, 2.24) is 9.88 Å². The van der Waals surface area contributed by atoms with Crippen LogP contribution < -0.4 is 15.5 Å². The highest BCUT2D eigenvalue weighted by molar-refractivity contribution is 6.32. The summed E-state index contributed by atoms with van der Waals surface area (Å²) in [5.74, 6) is -0.655. The fraction of sp³-hybridized carbons (Fsp3) is 0.0741. The van der Waals surface area contributed by atoms with E-state index in [1.807, 2.05) is 60.0 Å². The number of amides is 4. The van der Waals surface area contributed by atoms with Crippen molar-refractivity contribution in [2.75, 3.05) is 10.2 Å². The lowest BCUT2D eigenvalue weighted by atomic mass is 10.1. The third-order valence-electron chi connectivity index (χ3n) is 5.71. The Morgan fingerprint density at radius 2 is 1.80 bits per heavy atom. The average molecular weight is 485 g/mol. The van der Waals surface area contributed by atoms with Crippen LogP contribution in [0.3, 0.4) is 0 Å². The molecule has 1 aromatic heterocycles. The Balaban J connectivity index is 1.43. The predicted molar refractivity (Wildman–Crippen MR) is 137 cm³/mol. The van der Waals surface area contributed by atoms with Crippen molar-refractivity contribution < 1.29 is 14.4 Å². The first-order valence-electron chi connectivity index (χ1n) is 11.0. The molecule has 1 fully saturated rings. The summed E-state index contributed by atoms with van der Waals surface area (Å²) in [6.07, 6.45) is 3.43. The molecule has 8 heteroatoms. The van der Waals surface area contributed by atoms with Gasteiger partial charge in [0.15, 0.2) is 0 Å². The standard InChI is InChI=1S/C27H21ClN4O3/c1-17-9-11-20(12-10-17)29-25(33)16-31-15-18(22-7-2-3-8-24(22)31)13-23-26(34)32(27(35)30-23)21-6-4-5-19(28)14-21/h2-15H,16H2,1H3,(H,29,33)(H,30,35).